The lowest BCUT2D eigenvalue weighted by atomic mass is 10.1. The third-order valence-electron chi connectivity index (χ3n) is 4.58. The first-order chi connectivity index (χ1) is 14.7. The number of carbonyl (C=O) groups excluding carboxylic acids is 1. The van der Waals surface area contributed by atoms with E-state index < -0.39 is 0 Å². The second-order valence-corrected chi connectivity index (χ2v) is 8.51. The first kappa shape index (κ1) is 20.3. The number of aromatic nitrogens is 1. The van der Waals surface area contributed by atoms with Gasteiger partial charge in [0.2, 0.25) is 5.91 Å². The van der Waals surface area contributed by atoms with Gasteiger partial charge in [-0.2, -0.15) is 0 Å². The number of nitrogens with one attached hydrogen (secondary N) is 1. The Balaban J connectivity index is 1.49. The summed E-state index contributed by atoms with van der Waals surface area (Å²) in [5.41, 5.74) is 2.78. The maximum absolute atomic E-state index is 12.8. The highest BCUT2D eigenvalue weighted by Crippen LogP contribution is 2.32. The molecule has 30 heavy (non-hydrogen) atoms. The number of amides is 1. The number of benzene rings is 2. The maximum Gasteiger partial charge on any atom is 0.226 e. The van der Waals surface area contributed by atoms with E-state index in [1.807, 2.05) is 84.4 Å². The summed E-state index contributed by atoms with van der Waals surface area (Å²) in [5.74, 6) is 0.763. The minimum atomic E-state index is -0.157. The lowest BCUT2D eigenvalue weighted by Gasteiger charge is -2.18. The van der Waals surface area contributed by atoms with Gasteiger partial charge < -0.3 is 10.1 Å². The topological polar surface area (TPSA) is 51.2 Å². The average Bonchev–Trinajstić information content (AvgIpc) is 3.46. The predicted molar refractivity (Wildman–Crippen MR) is 123 cm³/mol. The van der Waals surface area contributed by atoms with E-state index in [0.717, 1.165) is 32.5 Å². The molecule has 1 N–H and O–H groups in total. The van der Waals surface area contributed by atoms with Crippen molar-refractivity contribution in [2.45, 2.75) is 19.4 Å². The molecule has 0 unspecified atom stereocenters. The molecule has 1 amide bonds. The third kappa shape index (κ3) is 4.78. The molecule has 0 saturated carbocycles. The Morgan fingerprint density at radius 1 is 1.03 bits per heavy atom. The van der Waals surface area contributed by atoms with Gasteiger partial charge in [0.1, 0.15) is 10.8 Å². The number of para-hydroxylation sites is 1. The largest absolute Gasteiger partial charge is 0.493 e. The number of hydrogen-bond donors (Lipinski definition) is 1. The van der Waals surface area contributed by atoms with E-state index in [0.29, 0.717) is 6.61 Å². The number of nitrogens with zero attached hydrogens (tertiary/aromatic N) is 1. The van der Waals surface area contributed by atoms with Crippen LogP contribution in [0.1, 0.15) is 29.1 Å². The van der Waals surface area contributed by atoms with Crippen LogP contribution in [-0.4, -0.2) is 17.5 Å². The van der Waals surface area contributed by atoms with E-state index in [1.54, 1.807) is 11.3 Å². The number of rotatable bonds is 8. The summed E-state index contributed by atoms with van der Waals surface area (Å²) in [6.45, 7) is 2.56. The summed E-state index contributed by atoms with van der Waals surface area (Å²) in [7, 11) is 0. The molecule has 0 fully saturated rings. The summed E-state index contributed by atoms with van der Waals surface area (Å²) in [5, 5.41) is 8.01. The van der Waals surface area contributed by atoms with Crippen molar-refractivity contribution in [1.82, 2.24) is 10.3 Å². The normalized spacial score (nSPS) is 11.8. The van der Waals surface area contributed by atoms with Crippen LogP contribution in [0.2, 0.25) is 0 Å². The van der Waals surface area contributed by atoms with Crippen molar-refractivity contribution in [1.29, 1.82) is 0 Å². The molecule has 0 spiro atoms. The van der Waals surface area contributed by atoms with Gasteiger partial charge in [-0.3, -0.25) is 4.79 Å². The van der Waals surface area contributed by atoms with E-state index in [4.69, 9.17) is 4.74 Å². The number of carbonyl (C=O) groups is 1. The van der Waals surface area contributed by atoms with Gasteiger partial charge in [-0.05, 0) is 36.1 Å². The predicted octanol–water partition coefficient (Wildman–Crippen LogP) is 5.72. The molecule has 0 aliphatic heterocycles. The molecular weight excluding hydrogens is 412 g/mol. The molecule has 4 nitrogen and oxygen atoms in total. The summed E-state index contributed by atoms with van der Waals surface area (Å²) >= 11 is 3.17. The van der Waals surface area contributed by atoms with Crippen LogP contribution in [-0.2, 0) is 11.2 Å². The van der Waals surface area contributed by atoms with Crippen LogP contribution in [0.4, 0.5) is 0 Å². The standard InChI is InChI=1S/C24H22N2O2S2/c1-2-28-20-12-7-6-11-19(20)24-25-18(16-30-24)15-22(27)26-23(21-13-8-14-29-21)17-9-4-3-5-10-17/h3-14,16,23H,2,15H2,1H3,(H,26,27)/t23-/m0/s1. The molecule has 4 aromatic rings. The summed E-state index contributed by atoms with van der Waals surface area (Å²) in [4.78, 5) is 18.6. The molecule has 2 heterocycles. The Morgan fingerprint density at radius 2 is 1.83 bits per heavy atom. The monoisotopic (exact) mass is 434 g/mol. The zero-order valence-corrected chi connectivity index (χ0v) is 18.2. The van der Waals surface area contributed by atoms with E-state index in [-0.39, 0.29) is 18.4 Å². The van der Waals surface area contributed by atoms with Gasteiger partial charge in [0.25, 0.3) is 0 Å². The minimum absolute atomic E-state index is 0.0489. The third-order valence-corrected chi connectivity index (χ3v) is 6.44. The number of hydrogen-bond acceptors (Lipinski definition) is 5. The Hall–Kier alpha value is -2.96. The van der Waals surface area contributed by atoms with Gasteiger partial charge in [-0.25, -0.2) is 4.98 Å². The first-order valence-electron chi connectivity index (χ1n) is 9.79. The van der Waals surface area contributed by atoms with Gasteiger partial charge in [-0.15, -0.1) is 22.7 Å². The molecular formula is C24H22N2O2S2. The second-order valence-electron chi connectivity index (χ2n) is 6.68. The van der Waals surface area contributed by atoms with E-state index in [9.17, 15) is 4.79 Å². The maximum atomic E-state index is 12.8. The van der Waals surface area contributed by atoms with Crippen molar-refractivity contribution in [2.24, 2.45) is 0 Å². The van der Waals surface area contributed by atoms with Crippen molar-refractivity contribution < 1.29 is 9.53 Å². The Kier molecular flexibility index (Phi) is 6.57. The summed E-state index contributed by atoms with van der Waals surface area (Å²) in [6, 6.07) is 21.8. The SMILES string of the molecule is CCOc1ccccc1-c1nc(CC(=O)N[C@@H](c2ccccc2)c2cccs2)cs1. The molecule has 1 atom stereocenters. The van der Waals surface area contributed by atoms with E-state index in [2.05, 4.69) is 10.3 Å². The average molecular weight is 435 g/mol. The van der Waals surface area contributed by atoms with Crippen LogP contribution < -0.4 is 10.1 Å². The number of thiazole rings is 1. The number of ether oxygens (including phenoxy) is 1. The zero-order chi connectivity index (χ0) is 20.8. The van der Waals surface area contributed by atoms with Crippen LogP contribution in [0, 0.1) is 0 Å². The van der Waals surface area contributed by atoms with Crippen molar-refractivity contribution in [3.05, 3.63) is 93.6 Å². The van der Waals surface area contributed by atoms with Crippen molar-refractivity contribution in [3.8, 4) is 16.3 Å². The van der Waals surface area contributed by atoms with Gasteiger partial charge >= 0.3 is 0 Å². The molecule has 6 heteroatoms. The molecule has 2 aromatic carbocycles. The lowest BCUT2D eigenvalue weighted by Crippen LogP contribution is -2.30. The Morgan fingerprint density at radius 3 is 2.60 bits per heavy atom. The summed E-state index contributed by atoms with van der Waals surface area (Å²) < 4.78 is 5.71. The van der Waals surface area contributed by atoms with Gasteiger partial charge in [0.05, 0.1) is 30.3 Å². The minimum Gasteiger partial charge on any atom is -0.493 e. The highest BCUT2D eigenvalue weighted by Gasteiger charge is 2.19. The van der Waals surface area contributed by atoms with Gasteiger partial charge in [0, 0.05) is 10.3 Å². The van der Waals surface area contributed by atoms with Crippen molar-refractivity contribution in [3.63, 3.8) is 0 Å². The van der Waals surface area contributed by atoms with Crippen LogP contribution in [0.3, 0.4) is 0 Å². The molecule has 2 aromatic heterocycles. The van der Waals surface area contributed by atoms with Crippen LogP contribution >= 0.6 is 22.7 Å². The van der Waals surface area contributed by atoms with Gasteiger partial charge in [-0.1, -0.05) is 48.5 Å². The molecule has 0 aliphatic rings. The smallest absolute Gasteiger partial charge is 0.226 e. The van der Waals surface area contributed by atoms with Crippen LogP contribution in [0.25, 0.3) is 10.6 Å². The van der Waals surface area contributed by atoms with Crippen molar-refractivity contribution in [2.75, 3.05) is 6.61 Å². The zero-order valence-electron chi connectivity index (χ0n) is 16.6. The number of thiophene rings is 1. The molecule has 0 bridgehead atoms. The molecule has 4 rings (SSSR count). The lowest BCUT2D eigenvalue weighted by molar-refractivity contribution is -0.120. The van der Waals surface area contributed by atoms with Gasteiger partial charge in [0.15, 0.2) is 0 Å². The fourth-order valence-electron chi connectivity index (χ4n) is 3.23. The molecule has 0 saturated heterocycles. The molecule has 0 radical (unpaired) electrons. The van der Waals surface area contributed by atoms with Crippen LogP contribution in [0.5, 0.6) is 5.75 Å². The summed E-state index contributed by atoms with van der Waals surface area (Å²) in [6.07, 6.45) is 0.238. The Labute approximate surface area is 184 Å². The fourth-order valence-corrected chi connectivity index (χ4v) is 4.88. The second kappa shape index (κ2) is 9.69. The van der Waals surface area contributed by atoms with Crippen LogP contribution in [0.15, 0.2) is 77.5 Å². The quantitative estimate of drug-likeness (QED) is 0.386. The first-order valence-corrected chi connectivity index (χ1v) is 11.5. The van der Waals surface area contributed by atoms with E-state index in [1.165, 1.54) is 11.3 Å². The fraction of sp³-hybridized carbons (Fsp3) is 0.167. The highest BCUT2D eigenvalue weighted by molar-refractivity contribution is 7.13. The van der Waals surface area contributed by atoms with E-state index >= 15 is 0 Å². The Bertz CT molecular complexity index is 1090. The van der Waals surface area contributed by atoms with Crippen molar-refractivity contribution >= 4 is 28.6 Å². The highest BCUT2D eigenvalue weighted by atomic mass is 32.1. The molecule has 0 aliphatic carbocycles. The molecule has 152 valence electrons.